The number of anilines is 1. The maximum atomic E-state index is 6.44. The molecule has 2 nitrogen and oxygen atoms in total. The molecule has 0 bridgehead atoms. The number of halogens is 1. The number of rotatable bonds is 5. The monoisotopic (exact) mass is 312 g/mol. The molecule has 0 radical (unpaired) electrons. The molecule has 0 saturated carbocycles. The van der Waals surface area contributed by atoms with Gasteiger partial charge in [-0.2, -0.15) is 11.8 Å². The van der Waals surface area contributed by atoms with Gasteiger partial charge in [-0.25, -0.2) is 0 Å². The normalized spacial score (nSPS) is 23.1. The topological polar surface area (TPSA) is 15.3 Å². The first-order valence-corrected chi connectivity index (χ1v) is 8.94. The maximum absolute atomic E-state index is 6.44. The zero-order valence-corrected chi connectivity index (χ0v) is 14.2. The smallest absolute Gasteiger partial charge is 0.0471 e. The van der Waals surface area contributed by atoms with E-state index >= 15 is 0 Å². The fraction of sp³-hybridized carbons (Fsp3) is 0.625. The molecule has 0 aliphatic carbocycles. The minimum atomic E-state index is 0.553. The highest BCUT2D eigenvalue weighted by Gasteiger charge is 2.27. The van der Waals surface area contributed by atoms with Gasteiger partial charge in [-0.05, 0) is 32.0 Å². The molecule has 1 fully saturated rings. The molecule has 1 N–H and O–H groups in total. The summed E-state index contributed by atoms with van der Waals surface area (Å²) < 4.78 is 0. The number of benzene rings is 1. The van der Waals surface area contributed by atoms with Crippen LogP contribution in [0.5, 0.6) is 0 Å². The van der Waals surface area contributed by atoms with E-state index in [0.29, 0.717) is 11.3 Å². The van der Waals surface area contributed by atoms with Gasteiger partial charge in [0.25, 0.3) is 0 Å². The Labute approximate surface area is 132 Å². The molecule has 1 heterocycles. The predicted octanol–water partition coefficient (Wildman–Crippen LogP) is 4.17. The molecule has 20 heavy (non-hydrogen) atoms. The molecule has 1 aromatic rings. The molecule has 112 valence electrons. The van der Waals surface area contributed by atoms with Gasteiger partial charge in [0.05, 0.1) is 0 Å². The van der Waals surface area contributed by atoms with Gasteiger partial charge >= 0.3 is 0 Å². The van der Waals surface area contributed by atoms with Crippen molar-refractivity contribution in [3.8, 4) is 0 Å². The van der Waals surface area contributed by atoms with Crippen LogP contribution in [0.4, 0.5) is 5.69 Å². The first kappa shape index (κ1) is 16.0. The van der Waals surface area contributed by atoms with E-state index in [9.17, 15) is 0 Å². The van der Waals surface area contributed by atoms with Gasteiger partial charge in [-0.15, -0.1) is 0 Å². The van der Waals surface area contributed by atoms with Gasteiger partial charge in [0.1, 0.15) is 0 Å². The van der Waals surface area contributed by atoms with Gasteiger partial charge in [0.2, 0.25) is 0 Å². The standard InChI is InChI=1S/C16H25ClN2S/c1-4-8-18-11-14-15(17)6-5-7-16(14)19-9-10-20-13(3)12(19)2/h5-7,12-13,18H,4,8-11H2,1-3H3. The van der Waals surface area contributed by atoms with Gasteiger partial charge in [-0.3, -0.25) is 0 Å². The summed E-state index contributed by atoms with van der Waals surface area (Å²) in [4.78, 5) is 2.52. The third-order valence-corrected chi connectivity index (χ3v) is 5.71. The van der Waals surface area contributed by atoms with Crippen molar-refractivity contribution in [2.75, 3.05) is 23.7 Å². The van der Waals surface area contributed by atoms with Crippen molar-refractivity contribution in [2.45, 2.75) is 45.0 Å². The lowest BCUT2D eigenvalue weighted by atomic mass is 10.1. The van der Waals surface area contributed by atoms with Gasteiger partial charge < -0.3 is 10.2 Å². The second-order valence-corrected chi connectivity index (χ2v) is 7.32. The van der Waals surface area contributed by atoms with Crippen LogP contribution in [0.1, 0.15) is 32.8 Å². The fourth-order valence-corrected chi connectivity index (χ4v) is 3.99. The van der Waals surface area contributed by atoms with Crippen molar-refractivity contribution in [2.24, 2.45) is 0 Å². The van der Waals surface area contributed by atoms with E-state index in [-0.39, 0.29) is 0 Å². The van der Waals surface area contributed by atoms with Crippen molar-refractivity contribution >= 4 is 29.1 Å². The summed E-state index contributed by atoms with van der Waals surface area (Å²) in [6.07, 6.45) is 1.15. The highest BCUT2D eigenvalue weighted by Crippen LogP contribution is 2.34. The molecule has 1 saturated heterocycles. The Balaban J connectivity index is 2.23. The summed E-state index contributed by atoms with van der Waals surface area (Å²) in [5, 5.41) is 5.03. The lowest BCUT2D eigenvalue weighted by Crippen LogP contribution is -2.45. The second kappa shape index (κ2) is 7.58. The zero-order valence-electron chi connectivity index (χ0n) is 12.7. The van der Waals surface area contributed by atoms with Crippen LogP contribution in [0.3, 0.4) is 0 Å². The van der Waals surface area contributed by atoms with Crippen molar-refractivity contribution in [3.05, 3.63) is 28.8 Å². The van der Waals surface area contributed by atoms with Crippen molar-refractivity contribution in [3.63, 3.8) is 0 Å². The van der Waals surface area contributed by atoms with Crippen molar-refractivity contribution in [1.29, 1.82) is 0 Å². The Bertz CT molecular complexity index is 438. The van der Waals surface area contributed by atoms with Crippen LogP contribution in [0.15, 0.2) is 18.2 Å². The minimum Gasteiger partial charge on any atom is -0.367 e. The van der Waals surface area contributed by atoms with Crippen molar-refractivity contribution < 1.29 is 0 Å². The molecule has 1 aliphatic heterocycles. The number of nitrogens with one attached hydrogen (secondary N) is 1. The molecule has 0 amide bonds. The van der Waals surface area contributed by atoms with Gasteiger partial charge in [-0.1, -0.05) is 31.5 Å². The van der Waals surface area contributed by atoms with E-state index in [1.807, 2.05) is 6.07 Å². The molecule has 0 aromatic heterocycles. The molecular formula is C16H25ClN2S. The summed E-state index contributed by atoms with van der Waals surface area (Å²) in [7, 11) is 0. The van der Waals surface area contributed by atoms with Gasteiger partial charge in [0.15, 0.2) is 0 Å². The summed E-state index contributed by atoms with van der Waals surface area (Å²) in [6.45, 7) is 9.82. The summed E-state index contributed by atoms with van der Waals surface area (Å²) >= 11 is 8.51. The lowest BCUT2D eigenvalue weighted by molar-refractivity contribution is 0.618. The first-order valence-electron chi connectivity index (χ1n) is 7.51. The average molecular weight is 313 g/mol. The molecule has 2 rings (SSSR count). The molecule has 1 aliphatic rings. The van der Waals surface area contributed by atoms with E-state index in [0.717, 1.165) is 31.1 Å². The average Bonchev–Trinajstić information content (AvgIpc) is 2.44. The van der Waals surface area contributed by atoms with Crippen LogP contribution < -0.4 is 10.2 Å². The van der Waals surface area contributed by atoms with E-state index in [2.05, 4.69) is 54.9 Å². The number of thioether (sulfide) groups is 1. The number of hydrogen-bond donors (Lipinski definition) is 1. The highest BCUT2D eigenvalue weighted by atomic mass is 35.5. The largest absolute Gasteiger partial charge is 0.367 e. The van der Waals surface area contributed by atoms with E-state index in [4.69, 9.17) is 11.6 Å². The molecule has 2 atom stereocenters. The number of nitrogens with zero attached hydrogens (tertiary/aromatic N) is 1. The fourth-order valence-electron chi connectivity index (χ4n) is 2.65. The SMILES string of the molecule is CCCNCc1c(Cl)cccc1N1CCSC(C)C1C. The lowest BCUT2D eigenvalue weighted by Gasteiger charge is -2.40. The molecule has 4 heteroatoms. The van der Waals surface area contributed by atoms with Gasteiger partial charge in [0, 0.05) is 46.4 Å². The Morgan fingerprint density at radius 1 is 1.40 bits per heavy atom. The quantitative estimate of drug-likeness (QED) is 0.822. The third-order valence-electron chi connectivity index (χ3n) is 4.02. The Morgan fingerprint density at radius 2 is 2.20 bits per heavy atom. The molecular weight excluding hydrogens is 288 g/mol. The van der Waals surface area contributed by atoms with Crippen LogP contribution >= 0.6 is 23.4 Å². The van der Waals surface area contributed by atoms with Crippen LogP contribution in [-0.2, 0) is 6.54 Å². The van der Waals surface area contributed by atoms with Crippen LogP contribution in [-0.4, -0.2) is 30.1 Å². The van der Waals surface area contributed by atoms with Crippen molar-refractivity contribution in [1.82, 2.24) is 5.32 Å². The zero-order chi connectivity index (χ0) is 14.5. The van der Waals surface area contributed by atoms with E-state index < -0.39 is 0 Å². The van der Waals surface area contributed by atoms with Crippen LogP contribution in [0.25, 0.3) is 0 Å². The highest BCUT2D eigenvalue weighted by molar-refractivity contribution is 8.00. The maximum Gasteiger partial charge on any atom is 0.0471 e. The summed E-state index contributed by atoms with van der Waals surface area (Å²) in [5.41, 5.74) is 2.55. The molecule has 2 unspecified atom stereocenters. The van der Waals surface area contributed by atoms with Crippen LogP contribution in [0.2, 0.25) is 5.02 Å². The van der Waals surface area contributed by atoms with E-state index in [1.54, 1.807) is 0 Å². The summed E-state index contributed by atoms with van der Waals surface area (Å²) in [6, 6.07) is 6.84. The van der Waals surface area contributed by atoms with Crippen LogP contribution in [0, 0.1) is 0 Å². The van der Waals surface area contributed by atoms with E-state index in [1.165, 1.54) is 17.0 Å². The first-order chi connectivity index (χ1) is 9.65. The minimum absolute atomic E-state index is 0.553. The predicted molar refractivity (Wildman–Crippen MR) is 92.2 cm³/mol. The third kappa shape index (κ3) is 3.63. The Hall–Kier alpha value is -0.380. The molecule has 0 spiro atoms. The second-order valence-electron chi connectivity index (χ2n) is 5.42. The molecule has 1 aromatic carbocycles. The number of hydrogen-bond acceptors (Lipinski definition) is 3. The Kier molecular flexibility index (Phi) is 6.06. The summed E-state index contributed by atoms with van der Waals surface area (Å²) in [5.74, 6) is 1.19. The Morgan fingerprint density at radius 3 is 2.95 bits per heavy atom.